The number of carbonyl (C=O) groups is 1. The van der Waals surface area contributed by atoms with Crippen LogP contribution in [0.15, 0.2) is 0 Å². The minimum absolute atomic E-state index is 0.200. The topological polar surface area (TPSA) is 118 Å². The van der Waals surface area contributed by atoms with Gasteiger partial charge < -0.3 is 25.5 Å². The molecule has 6 nitrogen and oxygen atoms in total. The Morgan fingerprint density at radius 1 is 1.15 bits per heavy atom. The molecule has 0 fully saturated rings. The highest BCUT2D eigenvalue weighted by atomic mass is 16.4. The van der Waals surface area contributed by atoms with E-state index in [1.54, 1.807) is 0 Å². The zero-order chi connectivity index (χ0) is 10.4. The van der Waals surface area contributed by atoms with E-state index in [1.807, 2.05) is 0 Å². The van der Waals surface area contributed by atoms with E-state index in [1.165, 1.54) is 0 Å². The molecule has 13 heavy (non-hydrogen) atoms. The number of carbonyl (C=O) groups excluding carboxylic acids is 1. The summed E-state index contributed by atoms with van der Waals surface area (Å²) < 4.78 is 0. The molecule has 78 valence electrons. The van der Waals surface area contributed by atoms with E-state index < -0.39 is 37.3 Å². The van der Waals surface area contributed by atoms with Crippen LogP contribution in [0.25, 0.3) is 0 Å². The normalized spacial score (nSPS) is 17.9. The Hall–Kier alpha value is -0.530. The molecule has 0 heterocycles. The number of Topliss-reactive ketones (excluding diaryl/α,β-unsaturated/α-hetero) is 1. The van der Waals surface area contributed by atoms with Crippen molar-refractivity contribution in [1.29, 1.82) is 0 Å². The SMILES string of the molecule is O=C(C(O)CCO)[C@H](O)[C@H](O)CO. The molecule has 0 aliphatic carbocycles. The van der Waals surface area contributed by atoms with Gasteiger partial charge in [0.25, 0.3) is 0 Å². The van der Waals surface area contributed by atoms with Gasteiger partial charge in [-0.25, -0.2) is 0 Å². The van der Waals surface area contributed by atoms with Gasteiger partial charge in [-0.15, -0.1) is 0 Å². The van der Waals surface area contributed by atoms with Gasteiger partial charge in [0, 0.05) is 13.0 Å². The van der Waals surface area contributed by atoms with Gasteiger partial charge in [0.15, 0.2) is 5.78 Å². The maximum Gasteiger partial charge on any atom is 0.192 e. The third kappa shape index (κ3) is 3.79. The van der Waals surface area contributed by atoms with E-state index in [0.717, 1.165) is 0 Å². The van der Waals surface area contributed by atoms with Crippen molar-refractivity contribution in [2.75, 3.05) is 13.2 Å². The van der Waals surface area contributed by atoms with Crippen molar-refractivity contribution in [3.05, 3.63) is 0 Å². The van der Waals surface area contributed by atoms with Crippen molar-refractivity contribution in [3.8, 4) is 0 Å². The second-order valence-electron chi connectivity index (χ2n) is 2.63. The minimum atomic E-state index is -1.81. The van der Waals surface area contributed by atoms with Crippen LogP contribution in [-0.4, -0.2) is 62.8 Å². The number of hydrogen-bond acceptors (Lipinski definition) is 6. The molecular formula is C7H14O6. The van der Waals surface area contributed by atoms with Crippen LogP contribution >= 0.6 is 0 Å². The molecule has 0 aliphatic heterocycles. The van der Waals surface area contributed by atoms with Crippen molar-refractivity contribution in [2.24, 2.45) is 0 Å². The van der Waals surface area contributed by atoms with Crippen LogP contribution in [0.2, 0.25) is 0 Å². The van der Waals surface area contributed by atoms with E-state index in [0.29, 0.717) is 0 Å². The molecule has 0 aromatic rings. The van der Waals surface area contributed by atoms with Crippen molar-refractivity contribution in [1.82, 2.24) is 0 Å². The largest absolute Gasteiger partial charge is 0.396 e. The molecule has 6 heteroatoms. The summed E-state index contributed by atoms with van der Waals surface area (Å²) in [5.41, 5.74) is 0. The average Bonchev–Trinajstić information content (AvgIpc) is 2.14. The fourth-order valence-corrected chi connectivity index (χ4v) is 0.751. The number of aliphatic hydroxyl groups excluding tert-OH is 5. The first-order valence-electron chi connectivity index (χ1n) is 3.84. The van der Waals surface area contributed by atoms with E-state index in [-0.39, 0.29) is 6.42 Å². The van der Waals surface area contributed by atoms with Crippen molar-refractivity contribution in [3.63, 3.8) is 0 Å². The van der Waals surface area contributed by atoms with Crippen LogP contribution in [-0.2, 0) is 4.79 Å². The van der Waals surface area contributed by atoms with E-state index in [2.05, 4.69) is 0 Å². The zero-order valence-electron chi connectivity index (χ0n) is 7.00. The predicted molar refractivity (Wildman–Crippen MR) is 41.8 cm³/mol. The monoisotopic (exact) mass is 194 g/mol. The van der Waals surface area contributed by atoms with Gasteiger partial charge in [0.2, 0.25) is 0 Å². The van der Waals surface area contributed by atoms with Crippen molar-refractivity contribution in [2.45, 2.75) is 24.7 Å². The van der Waals surface area contributed by atoms with Crippen LogP contribution in [0.5, 0.6) is 0 Å². The van der Waals surface area contributed by atoms with Gasteiger partial charge in [-0.1, -0.05) is 0 Å². The highest BCUT2D eigenvalue weighted by molar-refractivity contribution is 5.87. The second kappa shape index (κ2) is 6.01. The van der Waals surface area contributed by atoms with Gasteiger partial charge in [0.1, 0.15) is 18.3 Å². The molecule has 0 aromatic heterocycles. The summed E-state index contributed by atoms with van der Waals surface area (Å²) in [4.78, 5) is 11.0. The molecule has 0 radical (unpaired) electrons. The summed E-state index contributed by atoms with van der Waals surface area (Å²) in [6.07, 6.45) is -5.12. The molecule has 0 aliphatic rings. The number of aliphatic hydroxyl groups is 5. The lowest BCUT2D eigenvalue weighted by atomic mass is 10.0. The molecule has 5 N–H and O–H groups in total. The molecule has 0 amide bonds. The Labute approximate surface area is 75.1 Å². The highest BCUT2D eigenvalue weighted by Crippen LogP contribution is 2.01. The minimum Gasteiger partial charge on any atom is -0.396 e. The number of rotatable bonds is 6. The summed E-state index contributed by atoms with van der Waals surface area (Å²) in [5.74, 6) is -1.00. The molecule has 0 aromatic carbocycles. The van der Waals surface area contributed by atoms with Gasteiger partial charge in [-0.05, 0) is 0 Å². The maximum atomic E-state index is 11.0. The Bertz CT molecular complexity index is 159. The molecule has 3 atom stereocenters. The molecule has 0 saturated carbocycles. The first-order chi connectivity index (χ1) is 6.04. The second-order valence-corrected chi connectivity index (χ2v) is 2.63. The summed E-state index contributed by atoms with van der Waals surface area (Å²) in [6, 6.07) is 0. The van der Waals surface area contributed by atoms with Crippen LogP contribution < -0.4 is 0 Å². The van der Waals surface area contributed by atoms with Crippen LogP contribution in [0.3, 0.4) is 0 Å². The number of hydrogen-bond donors (Lipinski definition) is 5. The molecule has 0 spiro atoms. The summed E-state index contributed by atoms with van der Waals surface area (Å²) in [5, 5.41) is 43.5. The van der Waals surface area contributed by atoms with Gasteiger partial charge in [-0.2, -0.15) is 0 Å². The third-order valence-corrected chi connectivity index (χ3v) is 1.57. The van der Waals surface area contributed by atoms with E-state index >= 15 is 0 Å². The zero-order valence-corrected chi connectivity index (χ0v) is 7.00. The quantitative estimate of drug-likeness (QED) is 0.308. The average molecular weight is 194 g/mol. The standard InChI is InChI=1S/C7H14O6/c8-2-1-4(10)6(12)7(13)5(11)3-9/h4-5,7-11,13H,1-3H2/t4?,5-,7-/m1/s1. The Morgan fingerprint density at radius 2 is 1.69 bits per heavy atom. The van der Waals surface area contributed by atoms with E-state index in [9.17, 15) is 4.79 Å². The summed E-state index contributed by atoms with van der Waals surface area (Å²) in [7, 11) is 0. The Balaban J connectivity index is 4.08. The molecular weight excluding hydrogens is 180 g/mol. The maximum absolute atomic E-state index is 11.0. The van der Waals surface area contributed by atoms with Crippen LogP contribution in [0, 0.1) is 0 Å². The highest BCUT2D eigenvalue weighted by Gasteiger charge is 2.28. The van der Waals surface area contributed by atoms with Gasteiger partial charge in [-0.3, -0.25) is 4.79 Å². The molecule has 0 saturated heterocycles. The van der Waals surface area contributed by atoms with Crippen LogP contribution in [0.4, 0.5) is 0 Å². The third-order valence-electron chi connectivity index (χ3n) is 1.57. The van der Waals surface area contributed by atoms with Gasteiger partial charge >= 0.3 is 0 Å². The van der Waals surface area contributed by atoms with Crippen LogP contribution in [0.1, 0.15) is 6.42 Å². The molecule has 0 bridgehead atoms. The van der Waals surface area contributed by atoms with E-state index in [4.69, 9.17) is 25.5 Å². The lowest BCUT2D eigenvalue weighted by molar-refractivity contribution is -0.143. The first kappa shape index (κ1) is 12.5. The molecule has 1 unspecified atom stereocenters. The summed E-state index contributed by atoms with van der Waals surface area (Å²) in [6.45, 7) is -1.16. The van der Waals surface area contributed by atoms with Gasteiger partial charge in [0.05, 0.1) is 6.61 Å². The fraction of sp³-hybridized carbons (Fsp3) is 0.857. The lowest BCUT2D eigenvalue weighted by Gasteiger charge is -2.17. The van der Waals surface area contributed by atoms with Crippen molar-refractivity contribution < 1.29 is 30.3 Å². The predicted octanol–water partition coefficient (Wildman–Crippen LogP) is -2.99. The smallest absolute Gasteiger partial charge is 0.192 e. The lowest BCUT2D eigenvalue weighted by Crippen LogP contribution is -2.42. The Morgan fingerprint density at radius 3 is 2.08 bits per heavy atom. The fourth-order valence-electron chi connectivity index (χ4n) is 0.751. The summed E-state index contributed by atoms with van der Waals surface area (Å²) >= 11 is 0. The van der Waals surface area contributed by atoms with Crippen molar-refractivity contribution >= 4 is 5.78 Å². The molecule has 0 rings (SSSR count). The number of ketones is 1. The Kier molecular flexibility index (Phi) is 5.76. The first-order valence-corrected chi connectivity index (χ1v) is 3.84.